The maximum Gasteiger partial charge on any atom is 0.453 e. The van der Waals surface area contributed by atoms with Crippen molar-refractivity contribution < 1.29 is 17.8 Å². The van der Waals surface area contributed by atoms with Crippen molar-refractivity contribution in [2.75, 3.05) is 5.09 Å². The van der Waals surface area contributed by atoms with Crippen molar-refractivity contribution in [1.82, 2.24) is 0 Å². The normalized spacial score (nSPS) is 13.2. The standard InChI is InChI=1S/C33H35O3P.C12H10NOP/c1-18-10-22(5)26(9)27(14-18)28-15-19(2)11-23(6)31(28)34-37-35-32-24(7)12-20(3)16-29(32)30-17-21(4)13-25(8)33(30)36-37;14-15-12-8-4-2-6-10(12)9-5-1-3-7-11(9)13-15/h10-17H,1-9H3;1-8,13-14H. The lowest BCUT2D eigenvalue weighted by atomic mass is 9.92. The second kappa shape index (κ2) is 14.3. The molecule has 0 fully saturated rings. The number of fused-ring (bicyclic) bond motifs is 6. The van der Waals surface area contributed by atoms with E-state index in [1.165, 1.54) is 44.5 Å². The summed E-state index contributed by atoms with van der Waals surface area (Å²) in [5.74, 6) is 0.810. The fourth-order valence-electron chi connectivity index (χ4n) is 7.30. The Bertz CT molecular complexity index is 2480. The molecule has 0 radical (unpaired) electrons. The van der Waals surface area contributed by atoms with Gasteiger partial charge in [0.25, 0.3) is 0 Å². The zero-order valence-electron chi connectivity index (χ0n) is 31.3. The number of aryl methyl sites for hydroxylation is 8. The summed E-state index contributed by atoms with van der Waals surface area (Å²) in [5.41, 5.74) is 17.8. The number of anilines is 1. The summed E-state index contributed by atoms with van der Waals surface area (Å²) in [6.45, 7) is 19.1. The molecule has 7 heteroatoms. The molecule has 6 aromatic carbocycles. The van der Waals surface area contributed by atoms with Crippen molar-refractivity contribution in [2.45, 2.75) is 62.3 Å². The predicted octanol–water partition coefficient (Wildman–Crippen LogP) is 13.3. The van der Waals surface area contributed by atoms with Gasteiger partial charge in [0.15, 0.2) is 8.30 Å². The lowest BCUT2D eigenvalue weighted by Crippen LogP contribution is -2.15. The molecule has 7 aromatic rings. The summed E-state index contributed by atoms with van der Waals surface area (Å²) in [6, 6.07) is 33.6. The van der Waals surface area contributed by atoms with Crippen LogP contribution in [-0.2, 0) is 0 Å². The Labute approximate surface area is 308 Å². The van der Waals surface area contributed by atoms with E-state index in [-0.39, 0.29) is 0 Å². The van der Waals surface area contributed by atoms with E-state index in [1.807, 2.05) is 36.4 Å². The largest absolute Gasteiger partial charge is 0.453 e. The number of benzene rings is 6. The number of hydrogen-bond donors (Lipinski definition) is 2. The third-order valence-corrected chi connectivity index (χ3v) is 12.0. The highest BCUT2D eigenvalue weighted by molar-refractivity contribution is 7.62. The van der Waals surface area contributed by atoms with E-state index in [2.05, 4.69) is 128 Å². The van der Waals surface area contributed by atoms with Gasteiger partial charge in [-0.15, -0.1) is 0 Å². The summed E-state index contributed by atoms with van der Waals surface area (Å²) in [6.07, 6.45) is 0. The predicted molar refractivity (Wildman–Crippen MR) is 221 cm³/mol. The van der Waals surface area contributed by atoms with Gasteiger partial charge in [-0.3, -0.25) is 0 Å². The molecular weight excluding hydrogens is 680 g/mol. The van der Waals surface area contributed by atoms with Gasteiger partial charge in [0.2, 0.25) is 0 Å². The average molecular weight is 726 g/mol. The topological polar surface area (TPSA) is 67.8 Å². The van der Waals surface area contributed by atoms with Crippen molar-refractivity contribution in [2.24, 2.45) is 0 Å². The number of nitrogens with one attached hydrogen (secondary N) is 1. The van der Waals surface area contributed by atoms with Crippen molar-refractivity contribution >= 4 is 49.5 Å². The molecular formula is C45H45NO4P2. The van der Waals surface area contributed by atoms with E-state index in [9.17, 15) is 4.89 Å². The molecule has 0 saturated carbocycles. The Hall–Kier alpha value is -4.79. The number of hydrogen-bond acceptors (Lipinski definition) is 5. The Morgan fingerprint density at radius 1 is 0.519 bits per heavy atom. The van der Waals surface area contributed by atoms with E-state index >= 15 is 0 Å². The van der Waals surface area contributed by atoms with Crippen LogP contribution in [0.15, 0.2) is 105 Å². The second-order valence-electron chi connectivity index (χ2n) is 14.1. The van der Waals surface area contributed by atoms with Crippen LogP contribution in [-0.4, -0.2) is 4.89 Å². The highest BCUT2D eigenvalue weighted by Gasteiger charge is 2.22. The van der Waals surface area contributed by atoms with Crippen LogP contribution < -0.4 is 14.9 Å². The molecule has 1 atom stereocenters. The Morgan fingerprint density at radius 3 is 1.65 bits per heavy atom. The lowest BCUT2D eigenvalue weighted by molar-refractivity contribution is 0.496. The van der Waals surface area contributed by atoms with Crippen LogP contribution >= 0.6 is 16.5 Å². The molecule has 5 nitrogen and oxygen atoms in total. The van der Waals surface area contributed by atoms with Gasteiger partial charge in [-0.2, -0.15) is 0 Å². The first-order chi connectivity index (χ1) is 24.9. The van der Waals surface area contributed by atoms with Crippen LogP contribution in [0.5, 0.6) is 5.75 Å². The van der Waals surface area contributed by atoms with Crippen LogP contribution in [0.3, 0.4) is 0 Å². The average Bonchev–Trinajstić information content (AvgIpc) is 3.25. The van der Waals surface area contributed by atoms with Crippen LogP contribution in [0.25, 0.3) is 44.2 Å². The quantitative estimate of drug-likeness (QED) is 0.178. The minimum absolute atomic E-state index is 0.810. The third-order valence-electron chi connectivity index (χ3n) is 9.72. The molecule has 0 aliphatic carbocycles. The molecule has 264 valence electrons. The van der Waals surface area contributed by atoms with Gasteiger partial charge in [-0.25, -0.2) is 0 Å². The van der Waals surface area contributed by atoms with Gasteiger partial charge in [0, 0.05) is 32.9 Å². The smallest absolute Gasteiger partial charge is 0.390 e. The fourth-order valence-corrected chi connectivity index (χ4v) is 9.78. The monoisotopic (exact) mass is 725 g/mol. The SMILES string of the molecule is Cc1cc(C)c(C)c(-c2cc(C)cc(C)c2Op2oc3c(C)cc(C)cc3c3cc(C)cc(C)c3o2)c1.OP1Nc2ccccc2-c2ccccc21. The van der Waals surface area contributed by atoms with E-state index in [1.54, 1.807) is 0 Å². The first-order valence-electron chi connectivity index (χ1n) is 17.6. The third kappa shape index (κ3) is 6.89. The fraction of sp³-hybridized carbons (Fsp3) is 0.200. The highest BCUT2D eigenvalue weighted by Crippen LogP contribution is 2.46. The molecule has 0 amide bonds. The van der Waals surface area contributed by atoms with Gasteiger partial charge in [0.1, 0.15) is 16.9 Å². The molecule has 0 saturated heterocycles. The van der Waals surface area contributed by atoms with E-state index in [0.717, 1.165) is 66.5 Å². The van der Waals surface area contributed by atoms with Gasteiger partial charge in [-0.1, -0.05) is 72.3 Å². The van der Waals surface area contributed by atoms with Crippen LogP contribution in [0.2, 0.25) is 0 Å². The van der Waals surface area contributed by atoms with Gasteiger partial charge < -0.3 is 22.9 Å². The van der Waals surface area contributed by atoms with E-state index in [4.69, 9.17) is 12.9 Å². The Morgan fingerprint density at radius 2 is 1.02 bits per heavy atom. The summed E-state index contributed by atoms with van der Waals surface area (Å²) < 4.78 is 19.9. The minimum Gasteiger partial charge on any atom is -0.390 e. The minimum atomic E-state index is -1.76. The Balaban J connectivity index is 0.000000231. The molecule has 0 bridgehead atoms. The molecule has 1 aliphatic rings. The summed E-state index contributed by atoms with van der Waals surface area (Å²) in [7, 11) is -3.00. The van der Waals surface area contributed by atoms with Crippen molar-refractivity contribution in [3.63, 3.8) is 0 Å². The van der Waals surface area contributed by atoms with Crippen LogP contribution in [0.4, 0.5) is 5.69 Å². The Kier molecular flexibility index (Phi) is 9.81. The molecule has 1 aromatic heterocycles. The zero-order valence-corrected chi connectivity index (χ0v) is 33.1. The first kappa shape index (κ1) is 35.6. The lowest BCUT2D eigenvalue weighted by Gasteiger charge is -2.25. The number of rotatable bonds is 3. The van der Waals surface area contributed by atoms with Crippen LogP contribution in [0, 0.1) is 62.3 Å². The van der Waals surface area contributed by atoms with Crippen LogP contribution in [0.1, 0.15) is 50.1 Å². The number of para-hydroxylation sites is 1. The molecule has 2 N–H and O–H groups in total. The molecule has 0 spiro atoms. The molecule has 2 heterocycles. The second-order valence-corrected chi connectivity index (χ2v) is 16.4. The highest BCUT2D eigenvalue weighted by atomic mass is 31.2. The summed E-state index contributed by atoms with van der Waals surface area (Å²) in [5, 5.41) is 6.25. The van der Waals surface area contributed by atoms with Crippen molar-refractivity contribution in [3.05, 3.63) is 147 Å². The first-order valence-corrected chi connectivity index (χ1v) is 20.0. The summed E-state index contributed by atoms with van der Waals surface area (Å²) in [4.78, 5) is 9.96. The van der Waals surface area contributed by atoms with Gasteiger partial charge >= 0.3 is 8.24 Å². The summed E-state index contributed by atoms with van der Waals surface area (Å²) >= 11 is 0. The molecule has 1 aliphatic heterocycles. The maximum atomic E-state index is 9.96. The molecule has 8 rings (SSSR count). The molecule has 52 heavy (non-hydrogen) atoms. The van der Waals surface area contributed by atoms with Crippen molar-refractivity contribution in [1.29, 1.82) is 0 Å². The maximum absolute atomic E-state index is 9.96. The van der Waals surface area contributed by atoms with Crippen molar-refractivity contribution in [3.8, 4) is 28.0 Å². The zero-order chi connectivity index (χ0) is 36.8. The van der Waals surface area contributed by atoms with Gasteiger partial charge in [-0.05, 0) is 148 Å². The van der Waals surface area contributed by atoms with E-state index in [0.29, 0.717) is 0 Å². The molecule has 1 unspecified atom stereocenters. The van der Waals surface area contributed by atoms with Gasteiger partial charge in [0.05, 0.1) is 0 Å². The van der Waals surface area contributed by atoms with E-state index < -0.39 is 16.5 Å².